The second-order valence-corrected chi connectivity index (χ2v) is 10.4. The molecule has 0 saturated carbocycles. The highest BCUT2D eigenvalue weighted by molar-refractivity contribution is 5.92. The maximum Gasteiger partial charge on any atom is 0.416 e. The van der Waals surface area contributed by atoms with Crippen LogP contribution < -0.4 is 10.6 Å². The standard InChI is InChI=1S/C28H31F6N3O3/c1-18(19-13-21(27(29,30)31)15-22(14-19)28(32,33)34)40-17-25(20-7-4-3-5-8-20)10-11-26(16-36-25,24(39)35-2)37-12-6-9-23(37)38/h3-5,7-8,13-15,18,36H,6,9-12,16-17H2,1-2H3,(H,35,39)/t18-,25-,26?/m1/s1. The first kappa shape index (κ1) is 29.9. The number of nitrogens with one attached hydrogen (secondary N) is 2. The average Bonchev–Trinajstić information content (AvgIpc) is 3.37. The van der Waals surface area contributed by atoms with Gasteiger partial charge in [-0.05, 0) is 55.5 Å². The zero-order valence-electron chi connectivity index (χ0n) is 22.1. The monoisotopic (exact) mass is 571 g/mol. The van der Waals surface area contributed by atoms with Crippen molar-refractivity contribution < 1.29 is 40.7 Å². The molecule has 0 spiro atoms. The normalized spacial score (nSPS) is 24.7. The van der Waals surface area contributed by atoms with Gasteiger partial charge in [-0.1, -0.05) is 30.3 Å². The van der Waals surface area contributed by atoms with Crippen LogP contribution in [0.25, 0.3) is 0 Å². The lowest BCUT2D eigenvalue weighted by molar-refractivity contribution is -0.148. The molecule has 2 amide bonds. The van der Waals surface area contributed by atoms with E-state index < -0.39 is 40.7 Å². The number of benzene rings is 2. The van der Waals surface area contributed by atoms with Gasteiger partial charge in [0.25, 0.3) is 0 Å². The van der Waals surface area contributed by atoms with E-state index in [0.717, 1.165) is 5.56 Å². The van der Waals surface area contributed by atoms with E-state index in [4.69, 9.17) is 4.74 Å². The molecule has 3 atom stereocenters. The molecule has 0 aromatic heterocycles. The minimum atomic E-state index is -4.97. The number of alkyl halides is 6. The lowest BCUT2D eigenvalue weighted by Crippen LogP contribution is -2.69. The second kappa shape index (κ2) is 11.0. The van der Waals surface area contributed by atoms with Crippen molar-refractivity contribution in [3.8, 4) is 0 Å². The summed E-state index contributed by atoms with van der Waals surface area (Å²) >= 11 is 0. The Morgan fingerprint density at radius 1 is 1.05 bits per heavy atom. The number of nitrogens with zero attached hydrogens (tertiary/aromatic N) is 1. The molecule has 6 nitrogen and oxygen atoms in total. The fourth-order valence-corrected chi connectivity index (χ4v) is 5.58. The van der Waals surface area contributed by atoms with E-state index in [-0.39, 0.29) is 43.0 Å². The summed E-state index contributed by atoms with van der Waals surface area (Å²) in [6, 6.07) is 10.5. The minimum Gasteiger partial charge on any atom is -0.372 e. The van der Waals surface area contributed by atoms with Crippen molar-refractivity contribution in [2.75, 3.05) is 26.7 Å². The number of rotatable bonds is 7. The molecule has 2 aromatic rings. The molecule has 0 aliphatic carbocycles. The number of hydrogen-bond donors (Lipinski definition) is 2. The summed E-state index contributed by atoms with van der Waals surface area (Å²) < 4.78 is 86.4. The smallest absolute Gasteiger partial charge is 0.372 e. The molecule has 2 saturated heterocycles. The Morgan fingerprint density at radius 3 is 2.15 bits per heavy atom. The average molecular weight is 572 g/mol. The molecule has 2 aliphatic rings. The quantitative estimate of drug-likeness (QED) is 0.449. The molecular formula is C28H31F6N3O3. The first-order chi connectivity index (χ1) is 18.7. The fraction of sp³-hybridized carbons (Fsp3) is 0.500. The van der Waals surface area contributed by atoms with Gasteiger partial charge in [-0.25, -0.2) is 0 Å². The van der Waals surface area contributed by atoms with Gasteiger partial charge in [0.1, 0.15) is 5.54 Å². The van der Waals surface area contributed by atoms with Gasteiger partial charge in [-0.3, -0.25) is 9.59 Å². The SMILES string of the molecule is CNC(=O)C1(N2CCCC2=O)CC[C@@](CO[C@H](C)c2cc(C(F)(F)F)cc(C(F)(F)F)c2)(c2ccccc2)NC1. The summed E-state index contributed by atoms with van der Waals surface area (Å²) in [7, 11) is 1.50. The second-order valence-electron chi connectivity index (χ2n) is 10.4. The van der Waals surface area contributed by atoms with Gasteiger partial charge in [0.2, 0.25) is 11.8 Å². The third kappa shape index (κ3) is 5.83. The number of ether oxygens (including phenoxy) is 1. The number of piperidine rings is 1. The van der Waals surface area contributed by atoms with Crippen LogP contribution in [0.1, 0.15) is 61.0 Å². The Bertz CT molecular complexity index is 1190. The van der Waals surface area contributed by atoms with Crippen LogP contribution in [-0.4, -0.2) is 49.0 Å². The first-order valence-electron chi connectivity index (χ1n) is 13.0. The highest BCUT2D eigenvalue weighted by Crippen LogP contribution is 2.41. The molecule has 2 N–H and O–H groups in total. The minimum absolute atomic E-state index is 0.0857. The van der Waals surface area contributed by atoms with Gasteiger partial charge < -0.3 is 20.3 Å². The number of carbonyl (C=O) groups is 2. The van der Waals surface area contributed by atoms with Crippen molar-refractivity contribution in [3.63, 3.8) is 0 Å². The highest BCUT2D eigenvalue weighted by atomic mass is 19.4. The van der Waals surface area contributed by atoms with Crippen LogP contribution in [0.4, 0.5) is 26.3 Å². The molecule has 0 bridgehead atoms. The largest absolute Gasteiger partial charge is 0.416 e. The Labute approximate surface area is 228 Å². The molecule has 1 unspecified atom stereocenters. The van der Waals surface area contributed by atoms with Crippen molar-refractivity contribution in [2.24, 2.45) is 0 Å². The van der Waals surface area contributed by atoms with Crippen molar-refractivity contribution >= 4 is 11.8 Å². The van der Waals surface area contributed by atoms with E-state index in [9.17, 15) is 35.9 Å². The topological polar surface area (TPSA) is 70.7 Å². The van der Waals surface area contributed by atoms with E-state index in [2.05, 4.69) is 10.6 Å². The summed E-state index contributed by atoms with van der Waals surface area (Å²) in [6.45, 7) is 1.83. The lowest BCUT2D eigenvalue weighted by atomic mass is 9.75. The molecule has 2 aliphatic heterocycles. The molecule has 12 heteroatoms. The van der Waals surface area contributed by atoms with Crippen molar-refractivity contribution in [1.82, 2.24) is 15.5 Å². The molecular weight excluding hydrogens is 540 g/mol. The van der Waals surface area contributed by atoms with Crippen LogP contribution in [0.3, 0.4) is 0 Å². The fourth-order valence-electron chi connectivity index (χ4n) is 5.58. The first-order valence-corrected chi connectivity index (χ1v) is 13.0. The molecule has 0 radical (unpaired) electrons. The molecule has 2 aromatic carbocycles. The molecule has 4 rings (SSSR count). The number of amides is 2. The van der Waals surface area contributed by atoms with E-state index in [1.54, 1.807) is 17.0 Å². The van der Waals surface area contributed by atoms with Crippen molar-refractivity contribution in [2.45, 2.75) is 62.1 Å². The molecule has 2 heterocycles. The summed E-state index contributed by atoms with van der Waals surface area (Å²) in [4.78, 5) is 27.3. The number of hydrogen-bond acceptors (Lipinski definition) is 4. The van der Waals surface area contributed by atoms with Gasteiger partial charge in [0, 0.05) is 26.6 Å². The van der Waals surface area contributed by atoms with Gasteiger partial charge >= 0.3 is 12.4 Å². The predicted molar refractivity (Wildman–Crippen MR) is 134 cm³/mol. The van der Waals surface area contributed by atoms with Crippen molar-refractivity contribution in [3.05, 3.63) is 70.8 Å². The lowest BCUT2D eigenvalue weighted by Gasteiger charge is -2.50. The van der Waals surface area contributed by atoms with E-state index in [1.165, 1.54) is 14.0 Å². The highest BCUT2D eigenvalue weighted by Gasteiger charge is 2.53. The zero-order valence-corrected chi connectivity index (χ0v) is 22.1. The zero-order chi connectivity index (χ0) is 29.3. The molecule has 218 valence electrons. The van der Waals surface area contributed by atoms with Gasteiger partial charge in [-0.15, -0.1) is 0 Å². The summed E-state index contributed by atoms with van der Waals surface area (Å²) in [5.41, 5.74) is -4.35. The molecule has 2 fully saturated rings. The van der Waals surface area contributed by atoms with E-state index >= 15 is 0 Å². The van der Waals surface area contributed by atoms with Gasteiger partial charge in [0.15, 0.2) is 0 Å². The Morgan fingerprint density at radius 2 is 1.68 bits per heavy atom. The van der Waals surface area contributed by atoms with E-state index in [1.807, 2.05) is 18.2 Å². The van der Waals surface area contributed by atoms with E-state index in [0.29, 0.717) is 37.9 Å². The summed E-state index contributed by atoms with van der Waals surface area (Å²) in [5, 5.41) is 6.05. The van der Waals surface area contributed by atoms with Crippen LogP contribution >= 0.6 is 0 Å². The molecule has 40 heavy (non-hydrogen) atoms. The Hall–Kier alpha value is -3.12. The van der Waals surface area contributed by atoms with Crippen LogP contribution in [-0.2, 0) is 32.2 Å². The maximum atomic E-state index is 13.4. The van der Waals surface area contributed by atoms with Gasteiger partial charge in [-0.2, -0.15) is 26.3 Å². The van der Waals surface area contributed by atoms with Crippen LogP contribution in [0.5, 0.6) is 0 Å². The third-order valence-electron chi connectivity index (χ3n) is 7.91. The number of carbonyl (C=O) groups excluding carboxylic acids is 2. The maximum absolute atomic E-state index is 13.4. The summed E-state index contributed by atoms with van der Waals surface area (Å²) in [6.07, 6.45) is -9.47. The number of likely N-dealkylation sites (tertiary alicyclic amines) is 1. The Balaban J connectivity index is 1.63. The third-order valence-corrected chi connectivity index (χ3v) is 7.91. The van der Waals surface area contributed by atoms with Crippen LogP contribution in [0.15, 0.2) is 48.5 Å². The van der Waals surface area contributed by atoms with Crippen LogP contribution in [0.2, 0.25) is 0 Å². The van der Waals surface area contributed by atoms with Crippen LogP contribution in [0, 0.1) is 0 Å². The number of halogens is 6. The summed E-state index contributed by atoms with van der Waals surface area (Å²) in [5.74, 6) is -0.428. The Kier molecular flexibility index (Phi) is 8.24. The van der Waals surface area contributed by atoms with Crippen molar-refractivity contribution in [1.29, 1.82) is 0 Å². The predicted octanol–water partition coefficient (Wildman–Crippen LogP) is 5.19. The van der Waals surface area contributed by atoms with Gasteiger partial charge in [0.05, 0.1) is 29.4 Å². The number of likely N-dealkylation sites (N-methyl/N-ethyl adjacent to an activating group) is 1.